The Bertz CT molecular complexity index is 418. The molecule has 18 heavy (non-hydrogen) atoms. The van der Waals surface area contributed by atoms with Crippen molar-refractivity contribution in [1.29, 1.82) is 0 Å². The van der Waals surface area contributed by atoms with Gasteiger partial charge in [0.15, 0.2) is 0 Å². The van der Waals surface area contributed by atoms with Crippen molar-refractivity contribution in [2.75, 3.05) is 7.11 Å². The van der Waals surface area contributed by atoms with E-state index in [1.54, 1.807) is 13.2 Å². The normalized spacial score (nSPS) is 12.3. The van der Waals surface area contributed by atoms with Crippen LogP contribution in [0.1, 0.15) is 37.6 Å². The summed E-state index contributed by atoms with van der Waals surface area (Å²) < 4.78 is 5.92. The first-order valence-electron chi connectivity index (χ1n) is 6.14. The van der Waals surface area contributed by atoms with Crippen LogP contribution in [0.4, 0.5) is 0 Å². The Morgan fingerprint density at radius 2 is 2.11 bits per heavy atom. The maximum Gasteiger partial charge on any atom is 0.252 e. The molecule has 0 spiro atoms. The lowest BCUT2D eigenvalue weighted by Gasteiger charge is -2.21. The first-order chi connectivity index (χ1) is 8.49. The highest BCUT2D eigenvalue weighted by Crippen LogP contribution is 2.22. The third kappa shape index (κ3) is 3.73. The summed E-state index contributed by atoms with van der Waals surface area (Å²) in [5.41, 5.74) is 0.605. The lowest BCUT2D eigenvalue weighted by molar-refractivity contribution is 0.0923. The maximum atomic E-state index is 12.2. The first kappa shape index (κ1) is 15.0. The van der Waals surface area contributed by atoms with Crippen LogP contribution in [0.25, 0.3) is 0 Å². The quantitative estimate of drug-likeness (QED) is 0.901. The Hall–Kier alpha value is -1.03. The third-order valence-electron chi connectivity index (χ3n) is 2.98. The number of amides is 1. The molecule has 0 aliphatic heterocycles. The average Bonchev–Trinajstić information content (AvgIpc) is 2.35. The van der Waals surface area contributed by atoms with Gasteiger partial charge in [-0.1, -0.05) is 20.8 Å². The van der Waals surface area contributed by atoms with Crippen LogP contribution in [0, 0.1) is 5.92 Å². The molecule has 0 radical (unpaired) electrons. The minimum absolute atomic E-state index is 0.0682. The van der Waals surface area contributed by atoms with E-state index in [0.717, 1.165) is 10.9 Å². The molecule has 1 rings (SSSR count). The molecule has 0 bridgehead atoms. The van der Waals surface area contributed by atoms with Gasteiger partial charge in [0.1, 0.15) is 5.75 Å². The number of hydrogen-bond acceptors (Lipinski definition) is 2. The van der Waals surface area contributed by atoms with Crippen LogP contribution in [-0.4, -0.2) is 19.1 Å². The number of halogens is 1. The van der Waals surface area contributed by atoms with Gasteiger partial charge >= 0.3 is 0 Å². The summed E-state index contributed by atoms with van der Waals surface area (Å²) >= 11 is 3.39. The lowest BCUT2D eigenvalue weighted by Crippen LogP contribution is -2.38. The summed E-state index contributed by atoms with van der Waals surface area (Å²) in [7, 11) is 1.59. The minimum atomic E-state index is -0.0682. The van der Waals surface area contributed by atoms with E-state index >= 15 is 0 Å². The number of benzene rings is 1. The predicted molar refractivity (Wildman–Crippen MR) is 77.1 cm³/mol. The van der Waals surface area contributed by atoms with Crippen LogP contribution in [-0.2, 0) is 0 Å². The molecule has 0 aliphatic rings. The molecular weight excluding hydrogens is 294 g/mol. The second-order valence-corrected chi connectivity index (χ2v) is 5.43. The highest BCUT2D eigenvalue weighted by atomic mass is 79.9. The summed E-state index contributed by atoms with van der Waals surface area (Å²) in [6.07, 6.45) is 0.922. The second-order valence-electron chi connectivity index (χ2n) is 4.58. The van der Waals surface area contributed by atoms with Gasteiger partial charge in [0, 0.05) is 10.5 Å². The number of carbonyl (C=O) groups is 1. The molecule has 1 unspecified atom stereocenters. The van der Waals surface area contributed by atoms with Crippen molar-refractivity contribution in [2.24, 2.45) is 5.92 Å². The Morgan fingerprint density at radius 3 is 2.61 bits per heavy atom. The average molecular weight is 314 g/mol. The van der Waals surface area contributed by atoms with E-state index in [4.69, 9.17) is 4.74 Å². The minimum Gasteiger partial charge on any atom is -0.497 e. The Labute approximate surface area is 117 Å². The largest absolute Gasteiger partial charge is 0.497 e. The molecular formula is C14H20BrNO2. The molecule has 0 aliphatic carbocycles. The fourth-order valence-corrected chi connectivity index (χ4v) is 2.22. The third-order valence-corrected chi connectivity index (χ3v) is 3.67. The smallest absolute Gasteiger partial charge is 0.252 e. The van der Waals surface area contributed by atoms with Crippen molar-refractivity contribution in [3.8, 4) is 5.75 Å². The van der Waals surface area contributed by atoms with E-state index in [2.05, 4.69) is 42.0 Å². The van der Waals surface area contributed by atoms with Crippen molar-refractivity contribution in [2.45, 2.75) is 33.2 Å². The van der Waals surface area contributed by atoms with E-state index in [1.165, 1.54) is 0 Å². The number of nitrogens with one attached hydrogen (secondary N) is 1. The van der Waals surface area contributed by atoms with Gasteiger partial charge in [0.05, 0.1) is 12.7 Å². The van der Waals surface area contributed by atoms with Crippen molar-refractivity contribution < 1.29 is 9.53 Å². The zero-order chi connectivity index (χ0) is 13.7. The van der Waals surface area contributed by atoms with Gasteiger partial charge in [-0.2, -0.15) is 0 Å². The van der Waals surface area contributed by atoms with Crippen molar-refractivity contribution in [1.82, 2.24) is 5.32 Å². The summed E-state index contributed by atoms with van der Waals surface area (Å²) in [5.74, 6) is 1.03. The standard InChI is InChI=1S/C14H20BrNO2/c1-5-13(9(2)3)16-14(17)11-8-10(18-4)6-7-12(11)15/h6-9,13H,5H2,1-4H3,(H,16,17). The SMILES string of the molecule is CCC(NC(=O)c1cc(OC)ccc1Br)C(C)C. The molecule has 0 heterocycles. The van der Waals surface area contributed by atoms with Gasteiger partial charge < -0.3 is 10.1 Å². The summed E-state index contributed by atoms with van der Waals surface area (Å²) in [4.78, 5) is 12.2. The van der Waals surface area contributed by atoms with Gasteiger partial charge in [-0.05, 0) is 46.5 Å². The highest BCUT2D eigenvalue weighted by Gasteiger charge is 2.17. The molecule has 0 saturated heterocycles. The zero-order valence-electron chi connectivity index (χ0n) is 11.3. The molecule has 1 atom stereocenters. The molecule has 3 nitrogen and oxygen atoms in total. The van der Waals surface area contributed by atoms with Gasteiger partial charge in [0.2, 0.25) is 0 Å². The maximum absolute atomic E-state index is 12.2. The fraction of sp³-hybridized carbons (Fsp3) is 0.500. The number of carbonyl (C=O) groups excluding carboxylic acids is 1. The van der Waals surface area contributed by atoms with Crippen LogP contribution >= 0.6 is 15.9 Å². The Balaban J connectivity index is 2.89. The molecule has 0 aromatic heterocycles. The monoisotopic (exact) mass is 313 g/mol. The van der Waals surface area contributed by atoms with E-state index in [0.29, 0.717) is 17.2 Å². The van der Waals surface area contributed by atoms with Gasteiger partial charge in [0.25, 0.3) is 5.91 Å². The first-order valence-corrected chi connectivity index (χ1v) is 6.93. The van der Waals surface area contributed by atoms with Crippen molar-refractivity contribution in [3.63, 3.8) is 0 Å². The second kappa shape index (κ2) is 6.78. The molecule has 100 valence electrons. The Kier molecular flexibility index (Phi) is 5.66. The van der Waals surface area contributed by atoms with Crippen LogP contribution < -0.4 is 10.1 Å². The zero-order valence-corrected chi connectivity index (χ0v) is 12.9. The Morgan fingerprint density at radius 1 is 1.44 bits per heavy atom. The van der Waals surface area contributed by atoms with Gasteiger partial charge in [-0.25, -0.2) is 0 Å². The fourth-order valence-electron chi connectivity index (χ4n) is 1.79. The number of ether oxygens (including phenoxy) is 1. The summed E-state index contributed by atoms with van der Waals surface area (Å²) in [6.45, 7) is 6.29. The molecule has 1 aromatic carbocycles. The summed E-state index contributed by atoms with van der Waals surface area (Å²) in [5, 5.41) is 3.05. The van der Waals surface area contributed by atoms with Gasteiger partial charge in [-0.3, -0.25) is 4.79 Å². The molecule has 1 aromatic rings. The van der Waals surface area contributed by atoms with Crippen LogP contribution in [0.2, 0.25) is 0 Å². The number of rotatable bonds is 5. The summed E-state index contributed by atoms with van der Waals surface area (Å²) in [6, 6.07) is 5.58. The van der Waals surface area contributed by atoms with Gasteiger partial charge in [-0.15, -0.1) is 0 Å². The number of methoxy groups -OCH3 is 1. The van der Waals surface area contributed by atoms with E-state index in [1.807, 2.05) is 12.1 Å². The van der Waals surface area contributed by atoms with Crippen LogP contribution in [0.15, 0.2) is 22.7 Å². The van der Waals surface area contributed by atoms with E-state index in [-0.39, 0.29) is 11.9 Å². The number of hydrogen-bond donors (Lipinski definition) is 1. The molecule has 0 fully saturated rings. The van der Waals surface area contributed by atoms with E-state index < -0.39 is 0 Å². The predicted octanol–water partition coefficient (Wildman–Crippen LogP) is 3.62. The molecule has 1 amide bonds. The molecule has 0 saturated carbocycles. The lowest BCUT2D eigenvalue weighted by atomic mass is 10.0. The topological polar surface area (TPSA) is 38.3 Å². The van der Waals surface area contributed by atoms with Crippen LogP contribution in [0.3, 0.4) is 0 Å². The highest BCUT2D eigenvalue weighted by molar-refractivity contribution is 9.10. The molecule has 4 heteroatoms. The molecule has 1 N–H and O–H groups in total. The van der Waals surface area contributed by atoms with E-state index in [9.17, 15) is 4.79 Å². The van der Waals surface area contributed by atoms with Crippen LogP contribution in [0.5, 0.6) is 5.75 Å². The van der Waals surface area contributed by atoms with Crippen molar-refractivity contribution in [3.05, 3.63) is 28.2 Å². The van der Waals surface area contributed by atoms with Crippen molar-refractivity contribution >= 4 is 21.8 Å².